The molecule has 1 aromatic carbocycles. The zero-order valence-electron chi connectivity index (χ0n) is 10.2. The van der Waals surface area contributed by atoms with Crippen molar-refractivity contribution in [1.29, 1.82) is 0 Å². The number of hydrogen-bond donors (Lipinski definition) is 3. The van der Waals surface area contributed by atoms with Crippen LogP contribution in [-0.2, 0) is 0 Å². The Bertz CT molecular complexity index is 461. The maximum atomic E-state index is 11.0. The second kappa shape index (κ2) is 4.71. The summed E-state index contributed by atoms with van der Waals surface area (Å²) >= 11 is 0. The van der Waals surface area contributed by atoms with Gasteiger partial charge in [0, 0.05) is 6.04 Å². The lowest BCUT2D eigenvalue weighted by Gasteiger charge is -2.27. The van der Waals surface area contributed by atoms with E-state index in [1.54, 1.807) is 12.1 Å². The Kier molecular flexibility index (Phi) is 3.06. The van der Waals surface area contributed by atoms with Gasteiger partial charge in [0.15, 0.2) is 0 Å². The van der Waals surface area contributed by atoms with Crippen LogP contribution in [0.1, 0.15) is 47.6 Å². The van der Waals surface area contributed by atoms with Gasteiger partial charge in [-0.15, -0.1) is 0 Å². The highest BCUT2D eigenvalue weighted by Gasteiger charge is 2.37. The van der Waals surface area contributed by atoms with Crippen molar-refractivity contribution in [2.45, 2.75) is 37.8 Å². The number of aromatic carboxylic acids is 1. The van der Waals surface area contributed by atoms with Crippen LogP contribution in [0.5, 0.6) is 0 Å². The predicted molar refractivity (Wildman–Crippen MR) is 68.2 cm³/mol. The molecule has 1 saturated carbocycles. The Hall–Kier alpha value is -1.39. The minimum absolute atomic E-state index is 0.245. The van der Waals surface area contributed by atoms with Gasteiger partial charge in [0.05, 0.1) is 11.6 Å². The summed E-state index contributed by atoms with van der Waals surface area (Å²) in [6, 6.07) is 8.07. The molecular weight excluding hydrogens is 228 g/mol. The Morgan fingerprint density at radius 2 is 2.06 bits per heavy atom. The van der Waals surface area contributed by atoms with E-state index in [4.69, 9.17) is 5.11 Å². The van der Waals surface area contributed by atoms with E-state index in [2.05, 4.69) is 10.9 Å². The number of hydrazine groups is 1. The van der Waals surface area contributed by atoms with Crippen LogP contribution in [0.2, 0.25) is 0 Å². The lowest BCUT2D eigenvalue weighted by Crippen LogP contribution is -2.33. The molecule has 1 saturated heterocycles. The van der Waals surface area contributed by atoms with Gasteiger partial charge in [0.2, 0.25) is 0 Å². The van der Waals surface area contributed by atoms with Gasteiger partial charge in [0.25, 0.3) is 0 Å². The summed E-state index contributed by atoms with van der Waals surface area (Å²) < 4.78 is 0. The summed E-state index contributed by atoms with van der Waals surface area (Å²) in [6.45, 7) is 0. The largest absolute Gasteiger partial charge is 0.478 e. The number of carbonyl (C=O) groups is 1. The molecule has 3 unspecified atom stereocenters. The van der Waals surface area contributed by atoms with Crippen molar-refractivity contribution in [3.8, 4) is 0 Å². The van der Waals surface area contributed by atoms with Crippen LogP contribution in [0.4, 0.5) is 0 Å². The van der Waals surface area contributed by atoms with Crippen molar-refractivity contribution in [2.24, 2.45) is 5.92 Å². The highest BCUT2D eigenvalue weighted by atomic mass is 16.4. The van der Waals surface area contributed by atoms with Crippen LogP contribution in [0.3, 0.4) is 0 Å². The van der Waals surface area contributed by atoms with Crippen LogP contribution in [-0.4, -0.2) is 17.1 Å². The van der Waals surface area contributed by atoms with Crippen LogP contribution in [0, 0.1) is 5.92 Å². The smallest absolute Gasteiger partial charge is 0.335 e. The van der Waals surface area contributed by atoms with E-state index in [0.717, 1.165) is 5.56 Å². The Labute approximate surface area is 106 Å². The van der Waals surface area contributed by atoms with E-state index in [9.17, 15) is 4.79 Å². The molecule has 18 heavy (non-hydrogen) atoms. The summed E-state index contributed by atoms with van der Waals surface area (Å²) in [5.41, 5.74) is 8.15. The molecule has 0 aromatic heterocycles. The molecule has 0 spiro atoms. The third-order valence-corrected chi connectivity index (χ3v) is 4.16. The van der Waals surface area contributed by atoms with Gasteiger partial charge in [-0.25, -0.2) is 10.2 Å². The normalized spacial score (nSPS) is 31.0. The van der Waals surface area contributed by atoms with Crippen LogP contribution < -0.4 is 10.9 Å². The van der Waals surface area contributed by atoms with Gasteiger partial charge in [-0.1, -0.05) is 25.0 Å². The third kappa shape index (κ3) is 2.02. The SMILES string of the molecule is O=C(O)c1cccc(C2NNC3CCCCC32)c1. The summed E-state index contributed by atoms with van der Waals surface area (Å²) in [7, 11) is 0. The van der Waals surface area contributed by atoms with Crippen molar-refractivity contribution in [3.05, 3.63) is 35.4 Å². The van der Waals surface area contributed by atoms with Crippen molar-refractivity contribution >= 4 is 5.97 Å². The molecule has 1 heterocycles. The molecule has 96 valence electrons. The van der Waals surface area contributed by atoms with Gasteiger partial charge < -0.3 is 5.11 Å². The standard InChI is InChI=1S/C14H18N2O2/c17-14(18)10-5-3-4-9(8-10)13-11-6-1-2-7-12(11)15-16-13/h3-5,8,11-13,15-16H,1-2,6-7H2,(H,17,18). The molecule has 3 atom stereocenters. The quantitative estimate of drug-likeness (QED) is 0.748. The molecule has 1 aliphatic carbocycles. The number of carboxylic acid groups (broad SMARTS) is 1. The number of nitrogens with one attached hydrogen (secondary N) is 2. The van der Waals surface area contributed by atoms with Crippen molar-refractivity contribution in [3.63, 3.8) is 0 Å². The lowest BCUT2D eigenvalue weighted by atomic mass is 9.79. The molecule has 0 amide bonds. The minimum atomic E-state index is -0.858. The molecule has 0 radical (unpaired) electrons. The predicted octanol–water partition coefficient (Wildman–Crippen LogP) is 2.09. The van der Waals surface area contributed by atoms with Gasteiger partial charge in [-0.2, -0.15) is 0 Å². The second-order valence-corrected chi connectivity index (χ2v) is 5.25. The van der Waals surface area contributed by atoms with Crippen molar-refractivity contribution in [2.75, 3.05) is 0 Å². The summed E-state index contributed by atoms with van der Waals surface area (Å²) in [4.78, 5) is 11.0. The molecule has 3 rings (SSSR count). The topological polar surface area (TPSA) is 61.4 Å². The number of benzene rings is 1. The second-order valence-electron chi connectivity index (χ2n) is 5.25. The fourth-order valence-electron chi connectivity index (χ4n) is 3.24. The number of carboxylic acids is 1. The van der Waals surface area contributed by atoms with Crippen LogP contribution in [0.25, 0.3) is 0 Å². The van der Waals surface area contributed by atoms with E-state index in [-0.39, 0.29) is 6.04 Å². The van der Waals surface area contributed by atoms with E-state index >= 15 is 0 Å². The van der Waals surface area contributed by atoms with E-state index in [1.807, 2.05) is 12.1 Å². The fraction of sp³-hybridized carbons (Fsp3) is 0.500. The monoisotopic (exact) mass is 246 g/mol. The first kappa shape index (κ1) is 11.7. The summed E-state index contributed by atoms with van der Waals surface area (Å²) in [5.74, 6) is -0.272. The van der Waals surface area contributed by atoms with E-state index < -0.39 is 5.97 Å². The number of fused-ring (bicyclic) bond motifs is 1. The highest BCUT2D eigenvalue weighted by molar-refractivity contribution is 5.87. The van der Waals surface area contributed by atoms with E-state index in [0.29, 0.717) is 17.5 Å². The van der Waals surface area contributed by atoms with Gasteiger partial charge in [-0.05, 0) is 36.5 Å². The maximum absolute atomic E-state index is 11.0. The maximum Gasteiger partial charge on any atom is 0.335 e. The Morgan fingerprint density at radius 3 is 2.89 bits per heavy atom. The highest BCUT2D eigenvalue weighted by Crippen LogP contribution is 2.37. The Morgan fingerprint density at radius 1 is 1.22 bits per heavy atom. The fourth-order valence-corrected chi connectivity index (χ4v) is 3.24. The molecule has 2 fully saturated rings. The first-order valence-corrected chi connectivity index (χ1v) is 6.60. The molecule has 3 N–H and O–H groups in total. The molecule has 2 aliphatic rings. The lowest BCUT2D eigenvalue weighted by molar-refractivity contribution is 0.0696. The zero-order valence-corrected chi connectivity index (χ0v) is 10.2. The van der Waals surface area contributed by atoms with Crippen molar-refractivity contribution < 1.29 is 9.90 Å². The molecule has 4 nitrogen and oxygen atoms in total. The molecular formula is C14H18N2O2. The first-order valence-electron chi connectivity index (χ1n) is 6.60. The van der Waals surface area contributed by atoms with Crippen LogP contribution >= 0.6 is 0 Å². The molecule has 4 heteroatoms. The van der Waals surface area contributed by atoms with Gasteiger partial charge >= 0.3 is 5.97 Å². The average molecular weight is 246 g/mol. The van der Waals surface area contributed by atoms with Crippen molar-refractivity contribution in [1.82, 2.24) is 10.9 Å². The Balaban J connectivity index is 1.86. The van der Waals surface area contributed by atoms with E-state index in [1.165, 1.54) is 25.7 Å². The number of rotatable bonds is 2. The van der Waals surface area contributed by atoms with Crippen LogP contribution in [0.15, 0.2) is 24.3 Å². The molecule has 1 aliphatic heterocycles. The third-order valence-electron chi connectivity index (χ3n) is 4.16. The summed E-state index contributed by atoms with van der Waals surface area (Å²) in [6.07, 6.45) is 5.00. The van der Waals surface area contributed by atoms with Gasteiger partial charge in [0.1, 0.15) is 0 Å². The average Bonchev–Trinajstić information content (AvgIpc) is 2.82. The summed E-state index contributed by atoms with van der Waals surface area (Å²) in [5, 5.41) is 9.05. The van der Waals surface area contributed by atoms with Gasteiger partial charge in [-0.3, -0.25) is 5.43 Å². The molecule has 0 bridgehead atoms. The molecule has 1 aromatic rings. The zero-order chi connectivity index (χ0) is 12.5. The first-order chi connectivity index (χ1) is 8.75. The number of hydrogen-bond acceptors (Lipinski definition) is 3. The minimum Gasteiger partial charge on any atom is -0.478 e.